The molecule has 0 radical (unpaired) electrons. The molecular formula is C17H16BrF4NO3. The SMILES string of the molecule is OCCNCc1cc(Br)ccc1OCc1ccc(F)c(OC(F)(F)F)c1. The third kappa shape index (κ3) is 6.47. The molecule has 2 aromatic rings. The Morgan fingerprint density at radius 3 is 2.54 bits per heavy atom. The second kappa shape index (κ2) is 9.20. The van der Waals surface area contributed by atoms with Gasteiger partial charge in [-0.1, -0.05) is 22.0 Å². The van der Waals surface area contributed by atoms with Gasteiger partial charge < -0.3 is 19.9 Å². The average molecular weight is 438 g/mol. The molecule has 2 N–H and O–H groups in total. The smallest absolute Gasteiger partial charge is 0.489 e. The lowest BCUT2D eigenvalue weighted by Crippen LogP contribution is -2.18. The number of hydrogen-bond donors (Lipinski definition) is 2. The highest BCUT2D eigenvalue weighted by atomic mass is 79.9. The van der Waals surface area contributed by atoms with Crippen molar-refractivity contribution in [2.75, 3.05) is 13.2 Å². The van der Waals surface area contributed by atoms with E-state index >= 15 is 0 Å². The van der Waals surface area contributed by atoms with Crippen LogP contribution in [-0.4, -0.2) is 24.6 Å². The fourth-order valence-electron chi connectivity index (χ4n) is 2.13. The number of halogens is 5. The third-order valence-corrected chi connectivity index (χ3v) is 3.74. The zero-order valence-corrected chi connectivity index (χ0v) is 15.0. The van der Waals surface area contributed by atoms with Gasteiger partial charge in [-0.2, -0.15) is 0 Å². The molecule has 142 valence electrons. The zero-order chi connectivity index (χ0) is 19.2. The van der Waals surface area contributed by atoms with Gasteiger partial charge in [0.05, 0.1) is 6.61 Å². The maximum Gasteiger partial charge on any atom is 0.573 e. The third-order valence-electron chi connectivity index (χ3n) is 3.24. The Morgan fingerprint density at radius 2 is 1.85 bits per heavy atom. The highest BCUT2D eigenvalue weighted by Gasteiger charge is 2.32. The minimum atomic E-state index is -4.97. The molecule has 2 aromatic carbocycles. The van der Waals surface area contributed by atoms with Crippen molar-refractivity contribution < 1.29 is 32.1 Å². The van der Waals surface area contributed by atoms with Gasteiger partial charge in [-0.05, 0) is 35.9 Å². The van der Waals surface area contributed by atoms with Crippen molar-refractivity contribution in [3.8, 4) is 11.5 Å². The largest absolute Gasteiger partial charge is 0.573 e. The van der Waals surface area contributed by atoms with Crippen LogP contribution >= 0.6 is 15.9 Å². The summed E-state index contributed by atoms with van der Waals surface area (Å²) in [6, 6.07) is 8.45. The maximum atomic E-state index is 13.4. The fourth-order valence-corrected chi connectivity index (χ4v) is 2.54. The van der Waals surface area contributed by atoms with Crippen molar-refractivity contribution in [3.63, 3.8) is 0 Å². The summed E-state index contributed by atoms with van der Waals surface area (Å²) in [7, 11) is 0. The molecule has 0 aromatic heterocycles. The highest BCUT2D eigenvalue weighted by Crippen LogP contribution is 2.28. The Bertz CT molecular complexity index is 740. The van der Waals surface area contributed by atoms with E-state index in [9.17, 15) is 17.6 Å². The van der Waals surface area contributed by atoms with Crippen LogP contribution < -0.4 is 14.8 Å². The summed E-state index contributed by atoms with van der Waals surface area (Å²) in [5, 5.41) is 11.8. The number of alkyl halides is 3. The molecule has 0 fully saturated rings. The van der Waals surface area contributed by atoms with Gasteiger partial charge in [0.2, 0.25) is 0 Å². The minimum Gasteiger partial charge on any atom is -0.489 e. The summed E-state index contributed by atoms with van der Waals surface area (Å²) in [5.41, 5.74) is 1.12. The summed E-state index contributed by atoms with van der Waals surface area (Å²) in [4.78, 5) is 0. The van der Waals surface area contributed by atoms with Gasteiger partial charge in [0.15, 0.2) is 11.6 Å². The molecule has 0 aliphatic heterocycles. The highest BCUT2D eigenvalue weighted by molar-refractivity contribution is 9.10. The second-order valence-electron chi connectivity index (χ2n) is 5.25. The first kappa shape index (κ1) is 20.5. The van der Waals surface area contributed by atoms with E-state index in [1.807, 2.05) is 6.07 Å². The lowest BCUT2D eigenvalue weighted by molar-refractivity contribution is -0.275. The first-order valence-corrected chi connectivity index (χ1v) is 8.35. The molecule has 0 heterocycles. The number of aliphatic hydroxyl groups is 1. The van der Waals surface area contributed by atoms with Crippen LogP contribution in [0.5, 0.6) is 11.5 Å². The van der Waals surface area contributed by atoms with Crippen LogP contribution in [0.1, 0.15) is 11.1 Å². The molecule has 0 bridgehead atoms. The Balaban J connectivity index is 2.10. The predicted octanol–water partition coefficient (Wildman–Crippen LogP) is 4.15. The maximum absolute atomic E-state index is 13.4. The lowest BCUT2D eigenvalue weighted by atomic mass is 10.2. The molecule has 0 unspecified atom stereocenters. The molecule has 0 saturated heterocycles. The Labute approximate surface area is 155 Å². The molecule has 26 heavy (non-hydrogen) atoms. The van der Waals surface area contributed by atoms with Crippen LogP contribution in [0, 0.1) is 5.82 Å². The van der Waals surface area contributed by atoms with Gasteiger partial charge >= 0.3 is 6.36 Å². The first-order valence-electron chi connectivity index (χ1n) is 7.55. The summed E-state index contributed by atoms with van der Waals surface area (Å²) < 4.78 is 60.5. The second-order valence-corrected chi connectivity index (χ2v) is 6.17. The van der Waals surface area contributed by atoms with Crippen molar-refractivity contribution in [1.29, 1.82) is 0 Å². The number of benzene rings is 2. The molecule has 0 atom stereocenters. The molecule has 2 rings (SSSR count). The van der Waals surface area contributed by atoms with Crippen LogP contribution in [0.15, 0.2) is 40.9 Å². The number of nitrogens with one attached hydrogen (secondary N) is 1. The normalized spacial score (nSPS) is 11.5. The zero-order valence-electron chi connectivity index (χ0n) is 13.4. The van der Waals surface area contributed by atoms with Crippen LogP contribution in [0.2, 0.25) is 0 Å². The standard InChI is InChI=1S/C17H16BrF4NO3/c18-13-2-4-15(12(8-13)9-23-5-6-24)25-10-11-1-3-14(19)16(7-11)26-17(20,21)22/h1-4,7-8,23-24H,5-6,9-10H2. The molecule has 0 amide bonds. The van der Waals surface area contributed by atoms with Crippen LogP contribution in [0.4, 0.5) is 17.6 Å². The minimum absolute atomic E-state index is 0.0121. The Morgan fingerprint density at radius 1 is 1.08 bits per heavy atom. The van der Waals surface area contributed by atoms with Crippen molar-refractivity contribution in [2.24, 2.45) is 0 Å². The molecule has 0 aliphatic rings. The van der Waals surface area contributed by atoms with Gasteiger partial charge in [0.25, 0.3) is 0 Å². The van der Waals surface area contributed by atoms with Crippen molar-refractivity contribution in [3.05, 3.63) is 57.8 Å². The first-order chi connectivity index (χ1) is 12.3. The van der Waals surface area contributed by atoms with E-state index in [-0.39, 0.29) is 13.2 Å². The quantitative estimate of drug-likeness (QED) is 0.481. The van der Waals surface area contributed by atoms with Crippen LogP contribution in [-0.2, 0) is 13.2 Å². The monoisotopic (exact) mass is 437 g/mol. The van der Waals surface area contributed by atoms with E-state index in [1.165, 1.54) is 6.07 Å². The molecule has 4 nitrogen and oxygen atoms in total. The van der Waals surface area contributed by atoms with Crippen LogP contribution in [0.3, 0.4) is 0 Å². The topological polar surface area (TPSA) is 50.7 Å². The molecule has 0 aliphatic carbocycles. The average Bonchev–Trinajstić information content (AvgIpc) is 2.56. The van der Waals surface area contributed by atoms with Crippen molar-refractivity contribution in [1.82, 2.24) is 5.32 Å². The summed E-state index contributed by atoms with van der Waals surface area (Å²) >= 11 is 3.35. The summed E-state index contributed by atoms with van der Waals surface area (Å²) in [5.74, 6) is -1.50. The Kier molecular flexibility index (Phi) is 7.24. The molecule has 9 heteroatoms. The van der Waals surface area contributed by atoms with E-state index in [0.29, 0.717) is 24.4 Å². The number of hydrogen-bond acceptors (Lipinski definition) is 4. The number of aliphatic hydroxyl groups excluding tert-OH is 1. The van der Waals surface area contributed by atoms with E-state index in [0.717, 1.165) is 22.2 Å². The molecular weight excluding hydrogens is 422 g/mol. The van der Waals surface area contributed by atoms with Crippen molar-refractivity contribution >= 4 is 15.9 Å². The van der Waals surface area contributed by atoms with Gasteiger partial charge in [0.1, 0.15) is 12.4 Å². The fraction of sp³-hybridized carbons (Fsp3) is 0.294. The molecule has 0 saturated carbocycles. The number of rotatable bonds is 8. The van der Waals surface area contributed by atoms with Gasteiger partial charge in [0, 0.05) is 23.1 Å². The van der Waals surface area contributed by atoms with Crippen LogP contribution in [0.25, 0.3) is 0 Å². The van der Waals surface area contributed by atoms with Gasteiger partial charge in [-0.25, -0.2) is 4.39 Å². The van der Waals surface area contributed by atoms with Crippen molar-refractivity contribution in [2.45, 2.75) is 19.5 Å². The van der Waals surface area contributed by atoms with Gasteiger partial charge in [-0.15, -0.1) is 13.2 Å². The van der Waals surface area contributed by atoms with E-state index in [1.54, 1.807) is 12.1 Å². The number of ether oxygens (including phenoxy) is 2. The predicted molar refractivity (Wildman–Crippen MR) is 90.3 cm³/mol. The van der Waals surface area contributed by atoms with Gasteiger partial charge in [-0.3, -0.25) is 0 Å². The lowest BCUT2D eigenvalue weighted by Gasteiger charge is -2.14. The summed E-state index contributed by atoms with van der Waals surface area (Å²) in [6.45, 7) is 0.758. The van der Waals surface area contributed by atoms with E-state index < -0.39 is 17.9 Å². The molecule has 0 spiro atoms. The van der Waals surface area contributed by atoms with E-state index in [2.05, 4.69) is 26.0 Å². The van der Waals surface area contributed by atoms with E-state index in [4.69, 9.17) is 9.84 Å². The Hall–Kier alpha value is -1.84. The summed E-state index contributed by atoms with van der Waals surface area (Å²) in [6.07, 6.45) is -4.97.